The van der Waals surface area contributed by atoms with Crippen LogP contribution in [0.5, 0.6) is 0 Å². The summed E-state index contributed by atoms with van der Waals surface area (Å²) in [5, 5.41) is 0.673. The fourth-order valence-electron chi connectivity index (χ4n) is 4.96. The van der Waals surface area contributed by atoms with Gasteiger partial charge < -0.3 is 0 Å². The summed E-state index contributed by atoms with van der Waals surface area (Å²) in [6.45, 7) is 4.84. The molecule has 0 aromatic carbocycles. The molecule has 1 saturated heterocycles. The van der Waals surface area contributed by atoms with E-state index in [1.165, 1.54) is 77.7 Å². The van der Waals surface area contributed by atoms with Crippen molar-refractivity contribution in [3.63, 3.8) is 0 Å². The molecule has 2 rings (SSSR count). The maximum absolute atomic E-state index is 5.00. The maximum atomic E-state index is 5.00. The first-order chi connectivity index (χ1) is 9.72. The van der Waals surface area contributed by atoms with E-state index in [9.17, 15) is 0 Å². The summed E-state index contributed by atoms with van der Waals surface area (Å²) < 4.78 is 0. The summed E-state index contributed by atoms with van der Waals surface area (Å²) in [5.74, 6) is 3.94. The Morgan fingerprint density at radius 2 is 1.80 bits per heavy atom. The van der Waals surface area contributed by atoms with Crippen LogP contribution >= 0.6 is 12.6 Å². The van der Waals surface area contributed by atoms with E-state index in [1.54, 1.807) is 0 Å². The summed E-state index contributed by atoms with van der Waals surface area (Å²) in [7, 11) is 1.49. The van der Waals surface area contributed by atoms with E-state index in [2.05, 4.69) is 13.8 Å². The normalized spacial score (nSPS) is 40.2. The fraction of sp³-hybridized carbons (Fsp3) is 1.00. The maximum Gasteiger partial charge on any atom is 0.121 e. The van der Waals surface area contributed by atoms with Gasteiger partial charge in [-0.1, -0.05) is 58.6 Å². The van der Waals surface area contributed by atoms with Crippen LogP contribution in [0.2, 0.25) is 12.6 Å². The molecule has 2 heteroatoms. The molecule has 0 spiro atoms. The molecule has 20 heavy (non-hydrogen) atoms. The zero-order chi connectivity index (χ0) is 14.4. The second-order valence-electron chi connectivity index (χ2n) is 7.66. The third-order valence-electron chi connectivity index (χ3n) is 6.22. The van der Waals surface area contributed by atoms with Gasteiger partial charge in [0.05, 0.1) is 0 Å². The Hall–Kier alpha value is 0.415. The molecule has 0 N–H and O–H groups in total. The lowest BCUT2D eigenvalue weighted by atomic mass is 9.72. The first kappa shape index (κ1) is 16.8. The highest BCUT2D eigenvalue weighted by Crippen LogP contribution is 2.40. The smallest absolute Gasteiger partial charge is 0.121 e. The van der Waals surface area contributed by atoms with Gasteiger partial charge in [-0.2, -0.15) is 12.6 Å². The molecule has 5 unspecified atom stereocenters. The van der Waals surface area contributed by atoms with E-state index in [0.717, 1.165) is 23.7 Å². The van der Waals surface area contributed by atoms with Crippen LogP contribution in [0.4, 0.5) is 0 Å². The van der Waals surface area contributed by atoms with Gasteiger partial charge in [-0.3, -0.25) is 0 Å². The lowest BCUT2D eigenvalue weighted by Gasteiger charge is -2.31. The highest BCUT2D eigenvalue weighted by molar-refractivity contribution is 7.81. The van der Waals surface area contributed by atoms with E-state index in [1.807, 2.05) is 0 Å². The molecular weight excluding hydrogens is 259 g/mol. The molecule has 1 heterocycles. The van der Waals surface area contributed by atoms with Crippen LogP contribution in [0.25, 0.3) is 0 Å². The molecule has 0 amide bonds. The summed E-state index contributed by atoms with van der Waals surface area (Å²) in [5.41, 5.74) is 0. The van der Waals surface area contributed by atoms with Crippen LogP contribution in [-0.2, 0) is 0 Å². The monoisotopic (exact) mass is 294 g/mol. The predicted molar refractivity (Wildman–Crippen MR) is 96.4 cm³/mol. The highest BCUT2D eigenvalue weighted by atomic mass is 32.1. The zero-order valence-electron chi connectivity index (χ0n) is 13.8. The van der Waals surface area contributed by atoms with Crippen molar-refractivity contribution in [2.75, 3.05) is 0 Å². The van der Waals surface area contributed by atoms with Crippen molar-refractivity contribution in [1.29, 1.82) is 0 Å². The van der Waals surface area contributed by atoms with Crippen LogP contribution in [0.1, 0.15) is 71.6 Å². The Bertz CT molecular complexity index is 268. The van der Waals surface area contributed by atoms with Crippen LogP contribution in [-0.4, -0.2) is 12.5 Å². The third-order valence-corrected chi connectivity index (χ3v) is 6.90. The van der Waals surface area contributed by atoms with Crippen LogP contribution in [0.3, 0.4) is 0 Å². The van der Waals surface area contributed by atoms with Gasteiger partial charge in [0.15, 0.2) is 0 Å². The zero-order valence-corrected chi connectivity index (χ0v) is 14.7. The van der Waals surface area contributed by atoms with Gasteiger partial charge in [0.2, 0.25) is 0 Å². The highest BCUT2D eigenvalue weighted by Gasteiger charge is 2.31. The molecule has 1 aliphatic heterocycles. The van der Waals surface area contributed by atoms with Gasteiger partial charge in [0.25, 0.3) is 0 Å². The Kier molecular flexibility index (Phi) is 7.35. The van der Waals surface area contributed by atoms with E-state index in [0.29, 0.717) is 5.25 Å². The second-order valence-corrected chi connectivity index (χ2v) is 8.33. The van der Waals surface area contributed by atoms with Gasteiger partial charge in [-0.15, -0.1) is 0 Å². The lowest BCUT2D eigenvalue weighted by molar-refractivity contribution is 0.235. The van der Waals surface area contributed by atoms with Gasteiger partial charge in [0, 0.05) is 5.25 Å². The van der Waals surface area contributed by atoms with Crippen molar-refractivity contribution in [3.05, 3.63) is 0 Å². The van der Waals surface area contributed by atoms with Gasteiger partial charge in [-0.25, -0.2) is 0 Å². The van der Waals surface area contributed by atoms with E-state index >= 15 is 0 Å². The molecule has 0 aromatic rings. The average Bonchev–Trinajstić information content (AvgIpc) is 2.86. The van der Waals surface area contributed by atoms with Crippen LogP contribution < -0.4 is 0 Å². The average molecular weight is 294 g/mol. The number of thiol groups is 1. The SMILES string of the molecule is CCCC1CCCCCC(C2CBCC2C)CCC1S. The Morgan fingerprint density at radius 3 is 2.50 bits per heavy atom. The first-order valence-electron chi connectivity index (χ1n) is 9.40. The molecule has 0 bridgehead atoms. The third kappa shape index (κ3) is 4.72. The molecule has 2 fully saturated rings. The van der Waals surface area contributed by atoms with Crippen LogP contribution in [0.15, 0.2) is 0 Å². The topological polar surface area (TPSA) is 0 Å². The molecule has 1 aliphatic carbocycles. The number of hydrogen-bond acceptors (Lipinski definition) is 1. The Balaban J connectivity index is 1.91. The van der Waals surface area contributed by atoms with Crippen molar-refractivity contribution in [3.8, 4) is 0 Å². The molecule has 0 aromatic heterocycles. The quantitative estimate of drug-likeness (QED) is 0.508. The van der Waals surface area contributed by atoms with E-state index in [4.69, 9.17) is 12.6 Å². The summed E-state index contributed by atoms with van der Waals surface area (Å²) in [4.78, 5) is 0. The number of hydrogen-bond donors (Lipinski definition) is 1. The second kappa shape index (κ2) is 8.76. The standard InChI is InChI=1S/C18H35BS/c1-3-7-16-9-6-4-5-8-15(10-11-18(16)20)17-13-19-12-14(17)2/h14-20H,3-13H2,1-2H3. The van der Waals surface area contributed by atoms with Crippen molar-refractivity contribution in [1.82, 2.24) is 0 Å². The molecule has 1 saturated carbocycles. The predicted octanol–water partition coefficient (Wildman–Crippen LogP) is 5.60. The summed E-state index contributed by atoms with van der Waals surface area (Å²) in [6, 6.07) is 0. The van der Waals surface area contributed by atoms with Crippen molar-refractivity contribution in [2.45, 2.75) is 89.5 Å². The Morgan fingerprint density at radius 1 is 1.00 bits per heavy atom. The van der Waals surface area contributed by atoms with Crippen LogP contribution in [0, 0.1) is 23.7 Å². The minimum atomic E-state index is 0.673. The van der Waals surface area contributed by atoms with Gasteiger partial charge >= 0.3 is 0 Å². The number of rotatable bonds is 3. The summed E-state index contributed by atoms with van der Waals surface area (Å²) >= 11 is 5.00. The van der Waals surface area contributed by atoms with E-state index in [-0.39, 0.29) is 0 Å². The fourth-order valence-corrected chi connectivity index (χ4v) is 5.40. The molecular formula is C18H35BS. The van der Waals surface area contributed by atoms with Crippen molar-refractivity contribution >= 4 is 19.9 Å². The first-order valence-corrected chi connectivity index (χ1v) is 9.92. The minimum Gasteiger partial charge on any atom is -0.176 e. The van der Waals surface area contributed by atoms with E-state index < -0.39 is 0 Å². The summed E-state index contributed by atoms with van der Waals surface area (Å²) in [6.07, 6.45) is 15.9. The largest absolute Gasteiger partial charge is 0.176 e. The van der Waals surface area contributed by atoms with Crippen molar-refractivity contribution in [2.24, 2.45) is 23.7 Å². The lowest BCUT2D eigenvalue weighted by Crippen LogP contribution is -2.22. The van der Waals surface area contributed by atoms with Gasteiger partial charge in [0.1, 0.15) is 7.28 Å². The molecule has 116 valence electrons. The molecule has 0 radical (unpaired) electrons. The molecule has 0 nitrogen and oxygen atoms in total. The Labute approximate surface area is 133 Å². The minimum absolute atomic E-state index is 0.673. The van der Waals surface area contributed by atoms with Gasteiger partial charge in [-0.05, 0) is 49.4 Å². The molecule has 5 atom stereocenters. The van der Waals surface area contributed by atoms with Crippen molar-refractivity contribution < 1.29 is 0 Å². The molecule has 2 aliphatic rings.